The minimum absolute atomic E-state index is 0.0451. The van der Waals surface area contributed by atoms with E-state index in [9.17, 15) is 18.0 Å². The van der Waals surface area contributed by atoms with Crippen LogP contribution in [0, 0.1) is 11.3 Å². The third kappa shape index (κ3) is 3.49. The van der Waals surface area contributed by atoms with Crippen molar-refractivity contribution >= 4 is 5.91 Å². The maximum Gasteiger partial charge on any atom is 0.417 e. The molecular weight excluding hydrogens is 321 g/mol. The Balaban J connectivity index is 1.50. The molecule has 24 heavy (non-hydrogen) atoms. The summed E-state index contributed by atoms with van der Waals surface area (Å²) >= 11 is 0. The molecule has 7 heteroatoms. The second-order valence-corrected chi connectivity index (χ2v) is 7.52. The van der Waals surface area contributed by atoms with E-state index in [1.165, 1.54) is 12.5 Å². The smallest absolute Gasteiger partial charge is 0.417 e. The lowest BCUT2D eigenvalue weighted by atomic mass is 9.79. The van der Waals surface area contributed by atoms with Crippen molar-refractivity contribution in [1.29, 1.82) is 0 Å². The van der Waals surface area contributed by atoms with E-state index in [0.717, 1.165) is 31.5 Å². The van der Waals surface area contributed by atoms with Crippen molar-refractivity contribution < 1.29 is 22.7 Å². The van der Waals surface area contributed by atoms with Crippen LogP contribution in [0.5, 0.6) is 5.88 Å². The van der Waals surface area contributed by atoms with E-state index in [2.05, 4.69) is 10.3 Å². The highest BCUT2D eigenvalue weighted by Gasteiger charge is 2.61. The number of halogens is 3. The third-order valence-electron chi connectivity index (χ3n) is 4.96. The number of nitrogens with one attached hydrogen (secondary N) is 1. The monoisotopic (exact) mass is 342 g/mol. The van der Waals surface area contributed by atoms with Gasteiger partial charge in [-0.2, -0.15) is 13.2 Å². The quantitative estimate of drug-likeness (QED) is 0.890. The molecule has 2 fully saturated rings. The second-order valence-electron chi connectivity index (χ2n) is 7.52. The number of rotatable bonds is 5. The van der Waals surface area contributed by atoms with Gasteiger partial charge < -0.3 is 10.1 Å². The Kier molecular flexibility index (Phi) is 4.00. The summed E-state index contributed by atoms with van der Waals surface area (Å²) in [5, 5.41) is 2.98. The average molecular weight is 342 g/mol. The zero-order valence-corrected chi connectivity index (χ0v) is 13.7. The number of amides is 1. The van der Waals surface area contributed by atoms with Gasteiger partial charge in [0.2, 0.25) is 11.8 Å². The van der Waals surface area contributed by atoms with Crippen molar-refractivity contribution in [2.75, 3.05) is 6.61 Å². The largest absolute Gasteiger partial charge is 0.475 e. The summed E-state index contributed by atoms with van der Waals surface area (Å²) in [5.74, 6) is 0.255. The highest BCUT2D eigenvalue weighted by molar-refractivity contribution is 5.83. The molecule has 1 spiro atoms. The van der Waals surface area contributed by atoms with Gasteiger partial charge in [0, 0.05) is 18.2 Å². The van der Waals surface area contributed by atoms with Gasteiger partial charge in [0.25, 0.3) is 0 Å². The van der Waals surface area contributed by atoms with Gasteiger partial charge in [0.05, 0.1) is 11.1 Å². The van der Waals surface area contributed by atoms with Gasteiger partial charge in [0.15, 0.2) is 0 Å². The number of hydrogen-bond acceptors (Lipinski definition) is 3. The fourth-order valence-electron chi connectivity index (χ4n) is 3.25. The first-order chi connectivity index (χ1) is 11.1. The van der Waals surface area contributed by atoms with Crippen LogP contribution in [0.25, 0.3) is 0 Å². The summed E-state index contributed by atoms with van der Waals surface area (Å²) < 4.78 is 42.9. The van der Waals surface area contributed by atoms with E-state index in [4.69, 9.17) is 4.74 Å². The second kappa shape index (κ2) is 5.63. The Morgan fingerprint density at radius 2 is 2.08 bits per heavy atom. The number of pyridine rings is 1. The Morgan fingerprint density at radius 3 is 2.54 bits per heavy atom. The van der Waals surface area contributed by atoms with Crippen LogP contribution in [0.3, 0.4) is 0 Å². The van der Waals surface area contributed by atoms with Crippen molar-refractivity contribution in [2.45, 2.75) is 51.2 Å². The van der Waals surface area contributed by atoms with Crippen molar-refractivity contribution in [1.82, 2.24) is 10.3 Å². The average Bonchev–Trinajstić information content (AvgIpc) is 3.20. The maximum absolute atomic E-state index is 12.5. The maximum atomic E-state index is 12.5. The van der Waals surface area contributed by atoms with Crippen LogP contribution in [0.4, 0.5) is 13.2 Å². The summed E-state index contributed by atoms with van der Waals surface area (Å²) in [6, 6.07) is 2.11. The molecule has 1 amide bonds. The Labute approximate surface area is 138 Å². The van der Waals surface area contributed by atoms with Crippen LogP contribution in [-0.4, -0.2) is 23.0 Å². The van der Waals surface area contributed by atoms with Crippen molar-refractivity contribution in [3.05, 3.63) is 23.9 Å². The van der Waals surface area contributed by atoms with Gasteiger partial charge in [-0.3, -0.25) is 4.79 Å². The SMILES string of the molecule is CC(C)(COc1ccc(C(F)(F)F)cn1)NC(=O)C1CC12CCC2. The molecule has 1 aromatic rings. The standard InChI is InChI=1S/C17H21F3N2O2/c1-15(2,22-14(23)12-8-16(12)6-3-7-16)10-24-13-5-4-11(9-21-13)17(18,19)20/h4-5,9,12H,3,6-8,10H2,1-2H3,(H,22,23). The lowest BCUT2D eigenvalue weighted by molar-refractivity contribution is -0.137. The van der Waals surface area contributed by atoms with Crippen molar-refractivity contribution in [3.63, 3.8) is 0 Å². The molecule has 0 radical (unpaired) electrons. The molecule has 1 unspecified atom stereocenters. The zero-order valence-electron chi connectivity index (χ0n) is 13.7. The molecule has 132 valence electrons. The highest BCUT2D eigenvalue weighted by Crippen LogP contribution is 2.65. The zero-order chi connectivity index (χ0) is 17.6. The van der Waals surface area contributed by atoms with Gasteiger partial charge in [-0.1, -0.05) is 6.42 Å². The van der Waals surface area contributed by atoms with E-state index < -0.39 is 17.3 Å². The summed E-state index contributed by atoms with van der Waals surface area (Å²) in [6.07, 6.45) is 0.771. The molecule has 1 N–H and O–H groups in total. The Morgan fingerprint density at radius 1 is 1.38 bits per heavy atom. The number of nitrogens with zero attached hydrogens (tertiary/aromatic N) is 1. The van der Waals surface area contributed by atoms with Crippen LogP contribution in [-0.2, 0) is 11.0 Å². The lowest BCUT2D eigenvalue weighted by Gasteiger charge is -2.29. The first-order valence-corrected chi connectivity index (χ1v) is 8.09. The predicted molar refractivity (Wildman–Crippen MR) is 81.3 cm³/mol. The summed E-state index contributed by atoms with van der Waals surface area (Å²) in [6.45, 7) is 3.78. The van der Waals surface area contributed by atoms with E-state index in [0.29, 0.717) is 0 Å². The molecule has 1 heterocycles. The minimum Gasteiger partial charge on any atom is -0.475 e. The summed E-state index contributed by atoms with van der Waals surface area (Å²) in [7, 11) is 0. The van der Waals surface area contributed by atoms with Gasteiger partial charge in [-0.25, -0.2) is 4.98 Å². The molecule has 2 aliphatic rings. The molecule has 3 rings (SSSR count). The fourth-order valence-corrected chi connectivity index (χ4v) is 3.25. The van der Waals surface area contributed by atoms with E-state index in [1.54, 1.807) is 0 Å². The molecule has 2 aliphatic carbocycles. The van der Waals surface area contributed by atoms with Gasteiger partial charge >= 0.3 is 6.18 Å². The molecule has 0 aliphatic heterocycles. The Bertz CT molecular complexity index is 622. The lowest BCUT2D eigenvalue weighted by Crippen LogP contribution is -2.49. The molecular formula is C17H21F3N2O2. The molecule has 4 nitrogen and oxygen atoms in total. The number of carbonyl (C=O) groups excluding carboxylic acids is 1. The topological polar surface area (TPSA) is 51.2 Å². The van der Waals surface area contributed by atoms with Gasteiger partial charge in [-0.05, 0) is 44.6 Å². The first-order valence-electron chi connectivity index (χ1n) is 8.09. The normalized spacial score (nSPS) is 22.0. The predicted octanol–water partition coefficient (Wildman–Crippen LogP) is 3.56. The van der Waals surface area contributed by atoms with Crippen LogP contribution < -0.4 is 10.1 Å². The van der Waals surface area contributed by atoms with Gasteiger partial charge in [-0.15, -0.1) is 0 Å². The summed E-state index contributed by atoms with van der Waals surface area (Å²) in [4.78, 5) is 16.0. The third-order valence-corrected chi connectivity index (χ3v) is 4.96. The number of hydrogen-bond donors (Lipinski definition) is 1. The van der Waals surface area contributed by atoms with E-state index in [1.807, 2.05) is 13.8 Å². The van der Waals surface area contributed by atoms with Crippen LogP contribution >= 0.6 is 0 Å². The van der Waals surface area contributed by atoms with Gasteiger partial charge in [0.1, 0.15) is 6.61 Å². The van der Waals surface area contributed by atoms with Crippen LogP contribution in [0.1, 0.15) is 45.1 Å². The fraction of sp³-hybridized carbons (Fsp3) is 0.647. The highest BCUT2D eigenvalue weighted by atomic mass is 19.4. The molecule has 0 bridgehead atoms. The van der Waals surface area contributed by atoms with Crippen molar-refractivity contribution in [3.8, 4) is 5.88 Å². The molecule has 1 atom stereocenters. The van der Waals surface area contributed by atoms with Crippen LogP contribution in [0.2, 0.25) is 0 Å². The number of ether oxygens (including phenoxy) is 1. The minimum atomic E-state index is -4.42. The Hall–Kier alpha value is -1.79. The molecule has 0 aromatic carbocycles. The number of aromatic nitrogens is 1. The van der Waals surface area contributed by atoms with Crippen molar-refractivity contribution in [2.24, 2.45) is 11.3 Å². The molecule has 0 saturated heterocycles. The summed E-state index contributed by atoms with van der Waals surface area (Å²) in [5.41, 5.74) is -1.17. The molecule has 2 saturated carbocycles. The van der Waals surface area contributed by atoms with E-state index in [-0.39, 0.29) is 29.7 Å². The van der Waals surface area contributed by atoms with E-state index >= 15 is 0 Å². The number of alkyl halides is 3. The van der Waals surface area contributed by atoms with Crippen LogP contribution in [0.15, 0.2) is 18.3 Å². The number of carbonyl (C=O) groups is 1. The first kappa shape index (κ1) is 17.0. The molecule has 1 aromatic heterocycles.